The van der Waals surface area contributed by atoms with Gasteiger partial charge in [-0.3, -0.25) is 18.5 Å². The van der Waals surface area contributed by atoms with Gasteiger partial charge in [0.15, 0.2) is 11.2 Å². The van der Waals surface area contributed by atoms with E-state index in [-0.39, 0.29) is 30.3 Å². The number of hydrogen-bond acceptors (Lipinski definition) is 7. The topological polar surface area (TPSA) is 126 Å². The van der Waals surface area contributed by atoms with Gasteiger partial charge in [-0.25, -0.2) is 14.8 Å². The number of nitrogens with two attached hydrogens (primary N) is 1. The Morgan fingerprint density at radius 1 is 1.15 bits per heavy atom. The first-order valence-corrected chi connectivity index (χ1v) is 10.6. The Hall–Kier alpha value is -3.97. The zero-order chi connectivity index (χ0) is 23.7. The van der Waals surface area contributed by atoms with E-state index in [9.17, 15) is 9.59 Å². The largest absolute Gasteiger partial charge is 0.354 e. The Bertz CT molecular complexity index is 1530. The normalized spacial score (nSPS) is 12.0. The predicted octanol–water partition coefficient (Wildman–Crippen LogP) is 0.979. The molecule has 4 aromatic rings. The molecule has 3 heterocycles. The third-order valence-electron chi connectivity index (χ3n) is 5.37. The monoisotopic (exact) mass is 446 g/mol. The lowest BCUT2D eigenvalue weighted by Crippen LogP contribution is -2.40. The number of aryl methyl sites for hydroxylation is 2. The Morgan fingerprint density at radius 2 is 1.91 bits per heavy atom. The first-order chi connectivity index (χ1) is 15.8. The molecule has 3 N–H and O–H groups in total. The molecule has 0 fully saturated rings. The van der Waals surface area contributed by atoms with Crippen molar-refractivity contribution in [1.82, 2.24) is 28.7 Å². The zero-order valence-electron chi connectivity index (χ0n) is 19.1. The van der Waals surface area contributed by atoms with Crippen LogP contribution < -0.4 is 22.3 Å². The summed E-state index contributed by atoms with van der Waals surface area (Å²) in [6.07, 6.45) is 0. The molecule has 0 spiro atoms. The Morgan fingerprint density at radius 3 is 2.64 bits per heavy atom. The molecular formula is C23H26N8O2. The SMILES string of the molecule is CC#CCn1c(NC[C@H](C)N)nc2c1c(=O)n(Cc1nc(C)c3ccccc3n1)c(=O)n2C. The van der Waals surface area contributed by atoms with Crippen molar-refractivity contribution in [3.8, 4) is 11.8 Å². The fourth-order valence-electron chi connectivity index (χ4n) is 3.72. The molecule has 1 aromatic carbocycles. The Balaban J connectivity index is 1.90. The molecule has 0 aliphatic carbocycles. The molecular weight excluding hydrogens is 420 g/mol. The third kappa shape index (κ3) is 4.10. The lowest BCUT2D eigenvalue weighted by molar-refractivity contribution is 0.633. The Kier molecular flexibility index (Phi) is 5.98. The van der Waals surface area contributed by atoms with Gasteiger partial charge in [-0.05, 0) is 26.8 Å². The van der Waals surface area contributed by atoms with Crippen molar-refractivity contribution in [2.75, 3.05) is 11.9 Å². The smallest absolute Gasteiger partial charge is 0.332 e. The van der Waals surface area contributed by atoms with Crippen LogP contribution in [-0.2, 0) is 20.1 Å². The average Bonchev–Trinajstić information content (AvgIpc) is 3.16. The summed E-state index contributed by atoms with van der Waals surface area (Å²) >= 11 is 0. The van der Waals surface area contributed by atoms with Crippen LogP contribution in [0.4, 0.5) is 5.95 Å². The molecule has 1 atom stereocenters. The van der Waals surface area contributed by atoms with Gasteiger partial charge in [0.05, 0.1) is 18.6 Å². The maximum absolute atomic E-state index is 13.5. The highest BCUT2D eigenvalue weighted by molar-refractivity contribution is 5.80. The second-order valence-electron chi connectivity index (χ2n) is 7.95. The van der Waals surface area contributed by atoms with Gasteiger partial charge in [0, 0.05) is 30.7 Å². The first kappa shape index (κ1) is 22.2. The van der Waals surface area contributed by atoms with Crippen molar-refractivity contribution >= 4 is 28.0 Å². The van der Waals surface area contributed by atoms with E-state index in [1.165, 1.54) is 4.57 Å². The number of rotatable bonds is 6. The molecule has 0 amide bonds. The summed E-state index contributed by atoms with van der Waals surface area (Å²) in [5.74, 6) is 6.63. The molecule has 0 saturated carbocycles. The quantitative estimate of drug-likeness (QED) is 0.423. The van der Waals surface area contributed by atoms with Crippen LogP contribution in [0.25, 0.3) is 22.1 Å². The Labute approximate surface area is 190 Å². The highest BCUT2D eigenvalue weighted by Gasteiger charge is 2.21. The molecule has 0 unspecified atom stereocenters. The summed E-state index contributed by atoms with van der Waals surface area (Å²) < 4.78 is 4.18. The summed E-state index contributed by atoms with van der Waals surface area (Å²) in [5, 5.41) is 4.08. The van der Waals surface area contributed by atoms with Gasteiger partial charge >= 0.3 is 5.69 Å². The summed E-state index contributed by atoms with van der Waals surface area (Å²) in [4.78, 5) is 40.2. The number of anilines is 1. The van der Waals surface area contributed by atoms with Gasteiger partial charge in [0.25, 0.3) is 5.56 Å². The number of benzene rings is 1. The number of fused-ring (bicyclic) bond motifs is 2. The van der Waals surface area contributed by atoms with Gasteiger partial charge in [-0.15, -0.1) is 5.92 Å². The van der Waals surface area contributed by atoms with Crippen LogP contribution in [0.2, 0.25) is 0 Å². The van der Waals surface area contributed by atoms with Crippen LogP contribution in [0, 0.1) is 18.8 Å². The van der Waals surface area contributed by atoms with Gasteiger partial charge in [-0.2, -0.15) is 4.98 Å². The number of nitrogens with one attached hydrogen (secondary N) is 1. The van der Waals surface area contributed by atoms with Crippen LogP contribution >= 0.6 is 0 Å². The summed E-state index contributed by atoms with van der Waals surface area (Å²) in [6, 6.07) is 7.51. The molecule has 0 bridgehead atoms. The van der Waals surface area contributed by atoms with Gasteiger partial charge in [-0.1, -0.05) is 24.1 Å². The fourth-order valence-corrected chi connectivity index (χ4v) is 3.72. The van der Waals surface area contributed by atoms with E-state index in [0.29, 0.717) is 18.3 Å². The van der Waals surface area contributed by atoms with Crippen molar-refractivity contribution in [3.05, 3.63) is 56.6 Å². The van der Waals surface area contributed by atoms with E-state index in [2.05, 4.69) is 32.1 Å². The van der Waals surface area contributed by atoms with Crippen LogP contribution in [0.3, 0.4) is 0 Å². The summed E-state index contributed by atoms with van der Waals surface area (Å²) in [7, 11) is 1.59. The standard InChI is InChI=1S/C23H26N8O2/c1-5-6-11-30-19-20(28-22(30)25-12-14(2)24)29(4)23(33)31(21(19)32)13-18-26-15(3)16-9-7-8-10-17(16)27-18/h7-10,14H,11-13,24H2,1-4H3,(H,25,28)/t14-/m0/s1. The van der Waals surface area contributed by atoms with Crippen molar-refractivity contribution in [2.24, 2.45) is 12.8 Å². The molecule has 0 aliphatic heterocycles. The second-order valence-corrected chi connectivity index (χ2v) is 7.95. The number of nitrogens with zero attached hydrogens (tertiary/aromatic N) is 6. The average molecular weight is 447 g/mol. The molecule has 3 aromatic heterocycles. The van der Waals surface area contributed by atoms with E-state index in [1.54, 1.807) is 18.5 Å². The molecule has 0 saturated heterocycles. The minimum Gasteiger partial charge on any atom is -0.354 e. The summed E-state index contributed by atoms with van der Waals surface area (Å²) in [5.41, 5.74) is 7.01. The number of hydrogen-bond donors (Lipinski definition) is 2. The number of imidazole rings is 1. The number of aromatic nitrogens is 6. The summed E-state index contributed by atoms with van der Waals surface area (Å²) in [6.45, 7) is 6.11. The first-order valence-electron chi connectivity index (χ1n) is 10.6. The molecule has 0 radical (unpaired) electrons. The predicted molar refractivity (Wildman–Crippen MR) is 128 cm³/mol. The van der Waals surface area contributed by atoms with E-state index < -0.39 is 11.2 Å². The van der Waals surface area contributed by atoms with Crippen LogP contribution in [0.1, 0.15) is 25.4 Å². The lowest BCUT2D eigenvalue weighted by atomic mass is 10.2. The molecule has 10 heteroatoms. The maximum Gasteiger partial charge on any atom is 0.332 e. The molecule has 4 rings (SSSR count). The minimum atomic E-state index is -0.494. The van der Waals surface area contributed by atoms with E-state index in [4.69, 9.17) is 5.73 Å². The lowest BCUT2D eigenvalue weighted by Gasteiger charge is -2.11. The van der Waals surface area contributed by atoms with Crippen molar-refractivity contribution < 1.29 is 0 Å². The van der Waals surface area contributed by atoms with Crippen LogP contribution in [0.5, 0.6) is 0 Å². The van der Waals surface area contributed by atoms with Crippen molar-refractivity contribution in [3.63, 3.8) is 0 Å². The van der Waals surface area contributed by atoms with E-state index in [1.807, 2.05) is 38.1 Å². The van der Waals surface area contributed by atoms with Crippen LogP contribution in [-0.4, -0.2) is 41.2 Å². The van der Waals surface area contributed by atoms with E-state index in [0.717, 1.165) is 21.2 Å². The third-order valence-corrected chi connectivity index (χ3v) is 5.37. The number of para-hydroxylation sites is 1. The van der Waals surface area contributed by atoms with E-state index >= 15 is 0 Å². The van der Waals surface area contributed by atoms with Crippen LogP contribution in [0.15, 0.2) is 33.9 Å². The zero-order valence-corrected chi connectivity index (χ0v) is 19.1. The fraction of sp³-hybridized carbons (Fsp3) is 0.348. The van der Waals surface area contributed by atoms with Crippen molar-refractivity contribution in [1.29, 1.82) is 0 Å². The molecule has 170 valence electrons. The molecule has 0 aliphatic rings. The highest BCUT2D eigenvalue weighted by atomic mass is 16.2. The maximum atomic E-state index is 13.5. The second kappa shape index (κ2) is 8.88. The highest BCUT2D eigenvalue weighted by Crippen LogP contribution is 2.17. The molecule has 33 heavy (non-hydrogen) atoms. The van der Waals surface area contributed by atoms with Gasteiger partial charge in [0.1, 0.15) is 5.82 Å². The van der Waals surface area contributed by atoms with Gasteiger partial charge in [0.2, 0.25) is 5.95 Å². The minimum absolute atomic E-state index is 0.0552. The van der Waals surface area contributed by atoms with Crippen molar-refractivity contribution in [2.45, 2.75) is 39.9 Å². The molecule has 10 nitrogen and oxygen atoms in total. The van der Waals surface area contributed by atoms with Gasteiger partial charge < -0.3 is 11.1 Å².